The van der Waals surface area contributed by atoms with Gasteiger partial charge >= 0.3 is 39.5 Å². The Hall–Kier alpha value is -1.94. The Kier molecular flexibility index (Phi) is 73.5. The van der Waals surface area contributed by atoms with Gasteiger partial charge in [0.25, 0.3) is 0 Å². The first kappa shape index (κ1) is 99.1. The Morgan fingerprint density at radius 2 is 0.455 bits per heavy atom. The number of phosphoric acid groups is 2. The van der Waals surface area contributed by atoms with Gasteiger partial charge in [-0.3, -0.25) is 37.3 Å². The first-order chi connectivity index (χ1) is 49.0. The molecule has 0 saturated carbocycles. The van der Waals surface area contributed by atoms with E-state index in [0.29, 0.717) is 31.6 Å². The van der Waals surface area contributed by atoms with Gasteiger partial charge in [-0.25, -0.2) is 9.13 Å². The molecular formula is C82H160O17P2. The topological polar surface area (TPSA) is 237 Å². The van der Waals surface area contributed by atoms with Crippen LogP contribution in [-0.4, -0.2) is 96.7 Å². The van der Waals surface area contributed by atoms with E-state index in [1.54, 1.807) is 0 Å². The van der Waals surface area contributed by atoms with Crippen molar-refractivity contribution in [1.29, 1.82) is 0 Å². The van der Waals surface area contributed by atoms with Crippen LogP contribution in [-0.2, 0) is 65.4 Å². The molecule has 17 nitrogen and oxygen atoms in total. The lowest BCUT2D eigenvalue weighted by molar-refractivity contribution is -0.161. The largest absolute Gasteiger partial charge is 0.472 e. The molecule has 5 atom stereocenters. The molecule has 19 heteroatoms. The zero-order chi connectivity index (χ0) is 74.1. The van der Waals surface area contributed by atoms with Crippen LogP contribution in [0.5, 0.6) is 0 Å². The molecule has 0 heterocycles. The fraction of sp³-hybridized carbons (Fsp3) is 0.951. The first-order valence-electron chi connectivity index (χ1n) is 42.6. The van der Waals surface area contributed by atoms with Crippen molar-refractivity contribution in [1.82, 2.24) is 0 Å². The molecule has 600 valence electrons. The second-order valence-corrected chi connectivity index (χ2v) is 32.9. The SMILES string of the molecule is CCCCCCCCCCCCCCCCCCCCC(=O)OC[C@H](COP(=O)(O)OC[C@@H](O)COP(=O)(O)OC[C@@H](COC(=O)CCCCCCCCC(C)C)OC(=O)CCCCCCCCCCCCCCCCCC)OC(=O)CCCCCCCCCCCCCCCCCCCC. The maximum Gasteiger partial charge on any atom is 0.472 e. The molecule has 0 aromatic rings. The van der Waals surface area contributed by atoms with Crippen LogP contribution in [0.4, 0.5) is 0 Å². The van der Waals surface area contributed by atoms with Crippen molar-refractivity contribution in [2.75, 3.05) is 39.6 Å². The molecule has 101 heavy (non-hydrogen) atoms. The number of aliphatic hydroxyl groups excluding tert-OH is 1. The van der Waals surface area contributed by atoms with Crippen LogP contribution in [0.2, 0.25) is 0 Å². The van der Waals surface area contributed by atoms with Gasteiger partial charge in [-0.05, 0) is 31.6 Å². The van der Waals surface area contributed by atoms with Crippen LogP contribution in [0.15, 0.2) is 0 Å². The maximum absolute atomic E-state index is 13.1. The third-order valence-electron chi connectivity index (χ3n) is 19.3. The number of aliphatic hydroxyl groups is 1. The van der Waals surface area contributed by atoms with E-state index in [1.165, 1.54) is 257 Å². The second kappa shape index (κ2) is 74.9. The summed E-state index contributed by atoms with van der Waals surface area (Å²) >= 11 is 0. The van der Waals surface area contributed by atoms with Gasteiger partial charge in [0.15, 0.2) is 12.2 Å². The van der Waals surface area contributed by atoms with Gasteiger partial charge in [0, 0.05) is 25.7 Å². The Morgan fingerprint density at radius 3 is 0.673 bits per heavy atom. The smallest absolute Gasteiger partial charge is 0.462 e. The van der Waals surface area contributed by atoms with E-state index in [-0.39, 0.29) is 25.7 Å². The van der Waals surface area contributed by atoms with Crippen molar-refractivity contribution in [3.05, 3.63) is 0 Å². The van der Waals surface area contributed by atoms with Crippen LogP contribution >= 0.6 is 15.6 Å². The summed E-state index contributed by atoms with van der Waals surface area (Å²) in [5, 5.41) is 10.6. The van der Waals surface area contributed by atoms with Gasteiger partial charge in [0.2, 0.25) is 0 Å². The Bertz CT molecular complexity index is 1930. The number of hydrogen-bond acceptors (Lipinski definition) is 15. The van der Waals surface area contributed by atoms with Crippen molar-refractivity contribution in [3.63, 3.8) is 0 Å². The molecule has 3 N–H and O–H groups in total. The third-order valence-corrected chi connectivity index (χ3v) is 21.2. The van der Waals surface area contributed by atoms with Gasteiger partial charge in [-0.15, -0.1) is 0 Å². The maximum atomic E-state index is 13.1. The van der Waals surface area contributed by atoms with Crippen LogP contribution in [0.1, 0.15) is 439 Å². The standard InChI is InChI=1S/C82H160O17P2/c1-6-9-12-15-18-21-24-27-30-33-35-38-40-43-46-49-55-60-65-79(84)92-71-77(98-81(86)67-63-58-51-48-45-42-39-36-34-31-28-25-22-19-16-13-10-7-2)73-96-100(88,89)94-69-76(83)70-95-101(90,91)97-74-78(72-93-80(85)66-61-56-53-52-54-59-64-75(4)5)99-82(87)68-62-57-50-47-44-41-37-32-29-26-23-20-17-14-11-8-3/h75-78,83H,6-74H2,1-5H3,(H,88,89)(H,90,91)/t76-,77-,78-/m1/s1. The van der Waals surface area contributed by atoms with E-state index in [2.05, 4.69) is 34.6 Å². The van der Waals surface area contributed by atoms with Gasteiger partial charge in [-0.1, -0.05) is 388 Å². The first-order valence-corrected chi connectivity index (χ1v) is 45.6. The molecule has 0 aromatic carbocycles. The number of carbonyl (C=O) groups is 4. The lowest BCUT2D eigenvalue weighted by atomic mass is 10.0. The number of ether oxygens (including phenoxy) is 4. The predicted molar refractivity (Wildman–Crippen MR) is 414 cm³/mol. The van der Waals surface area contributed by atoms with E-state index in [4.69, 9.17) is 37.0 Å². The average molecular weight is 1480 g/mol. The van der Waals surface area contributed by atoms with E-state index in [0.717, 1.165) is 96.3 Å². The number of hydrogen-bond donors (Lipinski definition) is 3. The molecule has 0 aliphatic carbocycles. The molecule has 0 aromatic heterocycles. The predicted octanol–water partition coefficient (Wildman–Crippen LogP) is 24.8. The second-order valence-electron chi connectivity index (χ2n) is 30.0. The summed E-state index contributed by atoms with van der Waals surface area (Å²) in [7, 11) is -9.92. The van der Waals surface area contributed by atoms with Gasteiger partial charge in [-0.2, -0.15) is 0 Å². The number of phosphoric ester groups is 2. The molecule has 0 rings (SSSR count). The average Bonchev–Trinajstić information content (AvgIpc) is 0.956. The third kappa shape index (κ3) is 76.1. The van der Waals surface area contributed by atoms with Gasteiger partial charge < -0.3 is 33.8 Å². The molecule has 0 radical (unpaired) electrons. The van der Waals surface area contributed by atoms with Crippen molar-refractivity contribution in [2.24, 2.45) is 5.92 Å². The molecule has 0 aliphatic heterocycles. The van der Waals surface area contributed by atoms with Crippen LogP contribution in [0.25, 0.3) is 0 Å². The van der Waals surface area contributed by atoms with Crippen molar-refractivity contribution in [3.8, 4) is 0 Å². The highest BCUT2D eigenvalue weighted by Gasteiger charge is 2.30. The summed E-state index contributed by atoms with van der Waals surface area (Å²) in [6.45, 7) is 7.26. The molecular weight excluding hydrogens is 1320 g/mol. The highest BCUT2D eigenvalue weighted by Crippen LogP contribution is 2.45. The normalized spacial score (nSPS) is 13.8. The van der Waals surface area contributed by atoms with Crippen molar-refractivity contribution in [2.45, 2.75) is 457 Å². The van der Waals surface area contributed by atoms with E-state index < -0.39 is 97.5 Å². The number of carbonyl (C=O) groups excluding carboxylic acids is 4. The van der Waals surface area contributed by atoms with E-state index >= 15 is 0 Å². The molecule has 0 saturated heterocycles. The van der Waals surface area contributed by atoms with Crippen LogP contribution in [0.3, 0.4) is 0 Å². The molecule has 0 bridgehead atoms. The zero-order valence-electron chi connectivity index (χ0n) is 66.1. The Morgan fingerprint density at radius 1 is 0.267 bits per heavy atom. The van der Waals surface area contributed by atoms with Gasteiger partial charge in [0.1, 0.15) is 19.3 Å². The van der Waals surface area contributed by atoms with Crippen molar-refractivity contribution >= 4 is 39.5 Å². The Balaban J connectivity index is 5.22. The molecule has 2 unspecified atom stereocenters. The minimum atomic E-state index is -4.96. The lowest BCUT2D eigenvalue weighted by Gasteiger charge is -2.21. The van der Waals surface area contributed by atoms with E-state index in [9.17, 15) is 43.2 Å². The number of esters is 4. The minimum absolute atomic E-state index is 0.108. The van der Waals surface area contributed by atoms with Crippen molar-refractivity contribution < 1.29 is 80.2 Å². The van der Waals surface area contributed by atoms with E-state index in [1.807, 2.05) is 0 Å². The summed E-state index contributed by atoms with van der Waals surface area (Å²) in [5.41, 5.74) is 0. The summed E-state index contributed by atoms with van der Waals surface area (Å²) in [4.78, 5) is 73.0. The zero-order valence-corrected chi connectivity index (χ0v) is 67.8. The Labute approximate surface area is 619 Å². The molecule has 0 amide bonds. The quantitative estimate of drug-likeness (QED) is 0.0222. The molecule has 0 spiro atoms. The van der Waals surface area contributed by atoms with Crippen LogP contribution in [0, 0.1) is 5.92 Å². The fourth-order valence-corrected chi connectivity index (χ4v) is 14.3. The van der Waals surface area contributed by atoms with Crippen LogP contribution < -0.4 is 0 Å². The fourth-order valence-electron chi connectivity index (χ4n) is 12.8. The summed E-state index contributed by atoms with van der Waals surface area (Å²) in [6.07, 6.45) is 66.8. The summed E-state index contributed by atoms with van der Waals surface area (Å²) in [5.74, 6) is -1.43. The summed E-state index contributed by atoms with van der Waals surface area (Å²) in [6, 6.07) is 0. The number of rotatable bonds is 82. The lowest BCUT2D eigenvalue weighted by Crippen LogP contribution is -2.30. The van der Waals surface area contributed by atoms with Gasteiger partial charge in [0.05, 0.1) is 26.4 Å². The molecule has 0 fully saturated rings. The highest BCUT2D eigenvalue weighted by atomic mass is 31.2. The molecule has 0 aliphatic rings. The monoisotopic (exact) mass is 1480 g/mol. The highest BCUT2D eigenvalue weighted by molar-refractivity contribution is 7.47. The number of unbranched alkanes of at least 4 members (excludes halogenated alkanes) is 54. The summed E-state index contributed by atoms with van der Waals surface area (Å²) < 4.78 is 68.7. The minimum Gasteiger partial charge on any atom is -0.462 e.